The number of thioether (sulfide) groups is 1. The minimum absolute atomic E-state index is 0.0985. The molecular weight excluding hydrogens is 420 g/mol. The molecular formula is C25H34N4O2S. The van der Waals surface area contributed by atoms with Crippen LogP contribution in [0.4, 0.5) is 0 Å². The lowest BCUT2D eigenvalue weighted by Gasteiger charge is -2.35. The molecule has 6 nitrogen and oxygen atoms in total. The van der Waals surface area contributed by atoms with Crippen molar-refractivity contribution in [1.29, 1.82) is 0 Å². The van der Waals surface area contributed by atoms with E-state index >= 15 is 0 Å². The molecule has 0 amide bonds. The van der Waals surface area contributed by atoms with Gasteiger partial charge in [-0.15, -0.1) is 0 Å². The molecule has 1 aromatic carbocycles. The molecule has 0 atom stereocenters. The monoisotopic (exact) mass is 454 g/mol. The van der Waals surface area contributed by atoms with Crippen LogP contribution in [-0.2, 0) is 20.1 Å². The smallest absolute Gasteiger partial charge is 0.223 e. The highest BCUT2D eigenvalue weighted by Gasteiger charge is 2.21. The van der Waals surface area contributed by atoms with Crippen LogP contribution in [0.25, 0.3) is 6.08 Å². The SMILES string of the molecule is Cn1c(CN2CCSCC2)cc(=O)c(O)c1CN1CCN(CC=Cc2ccccc2)CC1. The Morgan fingerprint density at radius 1 is 0.938 bits per heavy atom. The number of aromatic hydroxyl groups is 1. The van der Waals surface area contributed by atoms with Crippen LogP contribution in [0.1, 0.15) is 17.0 Å². The lowest BCUT2D eigenvalue weighted by molar-refractivity contribution is 0.133. The molecule has 0 bridgehead atoms. The van der Waals surface area contributed by atoms with Crippen molar-refractivity contribution in [2.75, 3.05) is 57.3 Å². The van der Waals surface area contributed by atoms with Crippen LogP contribution in [0.15, 0.2) is 47.3 Å². The molecule has 2 aromatic rings. The Morgan fingerprint density at radius 3 is 2.31 bits per heavy atom. The summed E-state index contributed by atoms with van der Waals surface area (Å²) in [5.74, 6) is 2.19. The Bertz CT molecular complexity index is 962. The van der Waals surface area contributed by atoms with Gasteiger partial charge in [0.1, 0.15) is 0 Å². The second kappa shape index (κ2) is 11.2. The van der Waals surface area contributed by atoms with Crippen LogP contribution in [0, 0.1) is 0 Å². The summed E-state index contributed by atoms with van der Waals surface area (Å²) in [5, 5.41) is 10.5. The second-order valence-corrected chi connectivity index (χ2v) is 9.86. The average Bonchev–Trinajstić information content (AvgIpc) is 2.82. The van der Waals surface area contributed by atoms with Gasteiger partial charge in [-0.3, -0.25) is 19.5 Å². The predicted octanol–water partition coefficient (Wildman–Crippen LogP) is 2.47. The molecule has 32 heavy (non-hydrogen) atoms. The summed E-state index contributed by atoms with van der Waals surface area (Å²) in [6.07, 6.45) is 4.40. The summed E-state index contributed by atoms with van der Waals surface area (Å²) >= 11 is 1.98. The van der Waals surface area contributed by atoms with Gasteiger partial charge in [0, 0.05) is 89.2 Å². The third-order valence-corrected chi connectivity index (χ3v) is 7.38. The zero-order valence-corrected chi connectivity index (χ0v) is 19.8. The first-order chi connectivity index (χ1) is 15.6. The number of piperazine rings is 1. The lowest BCUT2D eigenvalue weighted by Crippen LogP contribution is -2.46. The van der Waals surface area contributed by atoms with Crippen molar-refractivity contribution in [3.63, 3.8) is 0 Å². The van der Waals surface area contributed by atoms with Crippen molar-refractivity contribution in [1.82, 2.24) is 19.3 Å². The summed E-state index contributed by atoms with van der Waals surface area (Å²) in [4.78, 5) is 19.6. The number of hydrogen-bond donors (Lipinski definition) is 1. The van der Waals surface area contributed by atoms with E-state index in [2.05, 4.69) is 51.1 Å². The number of pyridine rings is 1. The van der Waals surface area contributed by atoms with Crippen molar-refractivity contribution in [2.24, 2.45) is 7.05 Å². The minimum atomic E-state index is -0.260. The highest BCUT2D eigenvalue weighted by atomic mass is 32.2. The van der Waals surface area contributed by atoms with Crippen molar-refractivity contribution in [3.05, 3.63) is 69.6 Å². The van der Waals surface area contributed by atoms with Crippen molar-refractivity contribution in [3.8, 4) is 5.75 Å². The molecule has 2 fully saturated rings. The molecule has 0 unspecified atom stereocenters. The van der Waals surface area contributed by atoms with Crippen LogP contribution in [0.2, 0.25) is 0 Å². The summed E-state index contributed by atoms with van der Waals surface area (Å²) in [7, 11) is 1.98. The van der Waals surface area contributed by atoms with E-state index in [9.17, 15) is 9.90 Å². The number of aromatic nitrogens is 1. The fourth-order valence-electron chi connectivity index (χ4n) is 4.36. The van der Waals surface area contributed by atoms with Crippen LogP contribution in [-0.4, -0.2) is 81.7 Å². The Balaban J connectivity index is 1.34. The van der Waals surface area contributed by atoms with Gasteiger partial charge in [-0.25, -0.2) is 0 Å². The van der Waals surface area contributed by atoms with E-state index in [4.69, 9.17) is 0 Å². The molecule has 4 rings (SSSR count). The molecule has 2 aliphatic rings. The topological polar surface area (TPSA) is 52.0 Å². The van der Waals surface area contributed by atoms with Crippen LogP contribution >= 0.6 is 11.8 Å². The average molecular weight is 455 g/mol. The molecule has 1 aromatic heterocycles. The van der Waals surface area contributed by atoms with Gasteiger partial charge in [-0.2, -0.15) is 11.8 Å². The molecule has 0 saturated carbocycles. The standard InChI is InChI=1S/C25H34N4O2S/c1-26-22(19-29-14-16-32-17-15-29)18-24(30)25(31)23(26)20-28-12-10-27(11-13-28)9-5-8-21-6-3-2-4-7-21/h2-8,18,31H,9-17,19-20H2,1H3. The van der Waals surface area contributed by atoms with Gasteiger partial charge in [-0.05, 0) is 5.56 Å². The Labute approximate surface area is 195 Å². The normalized spacial score (nSPS) is 19.0. The maximum absolute atomic E-state index is 12.5. The molecule has 2 saturated heterocycles. The van der Waals surface area contributed by atoms with E-state index in [1.165, 1.54) is 5.56 Å². The number of hydrogen-bond acceptors (Lipinski definition) is 6. The molecule has 1 N–H and O–H groups in total. The Kier molecular flexibility index (Phi) is 8.08. The van der Waals surface area contributed by atoms with Gasteiger partial charge in [0.25, 0.3) is 0 Å². The van der Waals surface area contributed by atoms with Crippen molar-refractivity contribution < 1.29 is 5.11 Å². The van der Waals surface area contributed by atoms with Gasteiger partial charge in [0.15, 0.2) is 5.75 Å². The molecule has 3 heterocycles. The van der Waals surface area contributed by atoms with Gasteiger partial charge in [0.2, 0.25) is 5.43 Å². The molecule has 172 valence electrons. The Morgan fingerprint density at radius 2 is 1.59 bits per heavy atom. The zero-order valence-electron chi connectivity index (χ0n) is 18.9. The summed E-state index contributed by atoms with van der Waals surface area (Å²) in [6, 6.07) is 12.0. The quantitative estimate of drug-likeness (QED) is 0.694. The van der Waals surface area contributed by atoms with E-state index < -0.39 is 0 Å². The van der Waals surface area contributed by atoms with E-state index in [-0.39, 0.29) is 11.2 Å². The van der Waals surface area contributed by atoms with Crippen molar-refractivity contribution >= 4 is 17.8 Å². The highest BCUT2D eigenvalue weighted by molar-refractivity contribution is 7.99. The third-order valence-electron chi connectivity index (χ3n) is 6.44. The fraction of sp³-hybridized carbons (Fsp3) is 0.480. The van der Waals surface area contributed by atoms with E-state index in [0.717, 1.165) is 75.3 Å². The van der Waals surface area contributed by atoms with E-state index in [1.807, 2.05) is 29.4 Å². The Hall–Kier alpha value is -2.06. The summed E-state index contributed by atoms with van der Waals surface area (Å²) < 4.78 is 2.04. The molecule has 0 aliphatic carbocycles. The van der Waals surface area contributed by atoms with Gasteiger partial charge >= 0.3 is 0 Å². The fourth-order valence-corrected chi connectivity index (χ4v) is 5.33. The van der Waals surface area contributed by atoms with Crippen LogP contribution < -0.4 is 5.43 Å². The van der Waals surface area contributed by atoms with Gasteiger partial charge in [-0.1, -0.05) is 42.5 Å². The summed E-state index contributed by atoms with van der Waals surface area (Å²) in [5.41, 5.74) is 2.69. The molecule has 0 spiro atoms. The predicted molar refractivity (Wildman–Crippen MR) is 133 cm³/mol. The third kappa shape index (κ3) is 6.04. The highest BCUT2D eigenvalue weighted by Crippen LogP contribution is 2.19. The summed E-state index contributed by atoms with van der Waals surface area (Å²) in [6.45, 7) is 8.25. The van der Waals surface area contributed by atoms with Gasteiger partial charge < -0.3 is 9.67 Å². The first kappa shape index (κ1) is 23.1. The number of nitrogens with zero attached hydrogens (tertiary/aromatic N) is 4. The maximum atomic E-state index is 12.5. The second-order valence-electron chi connectivity index (χ2n) is 8.63. The van der Waals surface area contributed by atoms with Gasteiger partial charge in [0.05, 0.1) is 5.69 Å². The zero-order chi connectivity index (χ0) is 22.3. The first-order valence-electron chi connectivity index (χ1n) is 11.5. The van der Waals surface area contributed by atoms with E-state index in [1.54, 1.807) is 6.07 Å². The minimum Gasteiger partial charge on any atom is -0.503 e. The van der Waals surface area contributed by atoms with Crippen LogP contribution in [0.3, 0.4) is 0 Å². The molecule has 7 heteroatoms. The molecule has 0 radical (unpaired) electrons. The number of benzene rings is 1. The van der Waals surface area contributed by atoms with Crippen molar-refractivity contribution in [2.45, 2.75) is 13.1 Å². The largest absolute Gasteiger partial charge is 0.503 e. The van der Waals surface area contributed by atoms with Crippen LogP contribution in [0.5, 0.6) is 5.75 Å². The van der Waals surface area contributed by atoms with E-state index in [0.29, 0.717) is 6.54 Å². The first-order valence-corrected chi connectivity index (χ1v) is 12.6. The lowest BCUT2D eigenvalue weighted by atomic mass is 10.2. The maximum Gasteiger partial charge on any atom is 0.223 e. The number of rotatable bonds is 7. The molecule has 2 aliphatic heterocycles.